The number of carbonyl (C=O) groups excluding carboxylic acids is 1. The van der Waals surface area contributed by atoms with E-state index in [-0.39, 0.29) is 12.1 Å². The molecule has 2 nitrogen and oxygen atoms in total. The lowest BCUT2D eigenvalue weighted by Gasteiger charge is -2.53. The summed E-state index contributed by atoms with van der Waals surface area (Å²) in [6, 6.07) is 7.74. The van der Waals surface area contributed by atoms with Crippen molar-refractivity contribution in [1.29, 1.82) is 0 Å². The minimum atomic E-state index is -0.119. The molecule has 4 aliphatic rings. The molecule has 0 N–H and O–H groups in total. The Morgan fingerprint density at radius 2 is 1.70 bits per heavy atom. The number of rotatable bonds is 2. The first-order valence-corrected chi connectivity index (χ1v) is 7.96. The van der Waals surface area contributed by atoms with Crippen LogP contribution in [0.15, 0.2) is 24.3 Å². The van der Waals surface area contributed by atoms with E-state index in [1.165, 1.54) is 32.1 Å². The zero-order chi connectivity index (χ0) is 13.7. The van der Waals surface area contributed by atoms with Crippen LogP contribution < -0.4 is 0 Å². The van der Waals surface area contributed by atoms with E-state index in [9.17, 15) is 4.79 Å². The summed E-state index contributed by atoms with van der Waals surface area (Å²) in [7, 11) is 0. The molecule has 4 saturated carbocycles. The van der Waals surface area contributed by atoms with Gasteiger partial charge in [-0.15, -0.1) is 0 Å². The van der Waals surface area contributed by atoms with Gasteiger partial charge < -0.3 is 4.74 Å². The number of benzene rings is 1. The molecular formula is C18H22O2. The molecular weight excluding hydrogens is 248 g/mol. The monoisotopic (exact) mass is 270 g/mol. The average Bonchev–Trinajstić information content (AvgIpc) is 2.42. The Bertz CT molecular complexity index is 506. The van der Waals surface area contributed by atoms with Crippen LogP contribution in [0, 0.1) is 30.6 Å². The molecule has 0 spiro atoms. The van der Waals surface area contributed by atoms with E-state index in [0.717, 1.165) is 17.4 Å². The highest BCUT2D eigenvalue weighted by molar-refractivity contribution is 5.89. The summed E-state index contributed by atoms with van der Waals surface area (Å²) in [4.78, 5) is 12.4. The van der Waals surface area contributed by atoms with E-state index in [1.54, 1.807) is 0 Å². The van der Waals surface area contributed by atoms with Gasteiger partial charge in [0.25, 0.3) is 0 Å². The van der Waals surface area contributed by atoms with Crippen molar-refractivity contribution in [3.8, 4) is 0 Å². The van der Waals surface area contributed by atoms with E-state index in [4.69, 9.17) is 4.74 Å². The zero-order valence-corrected chi connectivity index (χ0v) is 12.0. The molecule has 0 aliphatic heterocycles. The van der Waals surface area contributed by atoms with E-state index < -0.39 is 0 Å². The van der Waals surface area contributed by atoms with Crippen LogP contribution in [0.4, 0.5) is 0 Å². The molecule has 4 aliphatic carbocycles. The molecule has 1 aromatic rings. The molecule has 0 atom stereocenters. The molecule has 0 amide bonds. The number of hydrogen-bond acceptors (Lipinski definition) is 2. The van der Waals surface area contributed by atoms with E-state index in [2.05, 4.69) is 0 Å². The zero-order valence-electron chi connectivity index (χ0n) is 12.0. The van der Waals surface area contributed by atoms with Gasteiger partial charge in [-0.25, -0.2) is 4.79 Å². The predicted octanol–water partition coefficient (Wildman–Crippen LogP) is 3.98. The summed E-state index contributed by atoms with van der Waals surface area (Å²) >= 11 is 0. The Balaban J connectivity index is 1.50. The van der Waals surface area contributed by atoms with Crippen molar-refractivity contribution in [3.63, 3.8) is 0 Å². The van der Waals surface area contributed by atoms with Crippen LogP contribution in [0.2, 0.25) is 0 Å². The van der Waals surface area contributed by atoms with Gasteiger partial charge in [0.1, 0.15) is 6.10 Å². The average molecular weight is 270 g/mol. The van der Waals surface area contributed by atoms with E-state index in [0.29, 0.717) is 17.4 Å². The van der Waals surface area contributed by atoms with Crippen LogP contribution in [0.3, 0.4) is 0 Å². The number of ether oxygens (including phenoxy) is 1. The van der Waals surface area contributed by atoms with Crippen molar-refractivity contribution in [3.05, 3.63) is 35.4 Å². The van der Waals surface area contributed by atoms with Gasteiger partial charge in [0, 0.05) is 0 Å². The Morgan fingerprint density at radius 3 is 2.30 bits per heavy atom. The minimum Gasteiger partial charge on any atom is -0.458 e. The molecule has 0 heterocycles. The fraction of sp³-hybridized carbons (Fsp3) is 0.611. The van der Waals surface area contributed by atoms with Crippen molar-refractivity contribution in [2.24, 2.45) is 23.7 Å². The predicted molar refractivity (Wildman–Crippen MR) is 77.4 cm³/mol. The number of carbonyl (C=O) groups is 1. The van der Waals surface area contributed by atoms with Crippen molar-refractivity contribution >= 4 is 5.97 Å². The van der Waals surface area contributed by atoms with Crippen LogP contribution in [-0.2, 0) is 4.74 Å². The third-order valence-corrected chi connectivity index (χ3v) is 5.64. The van der Waals surface area contributed by atoms with E-state index in [1.807, 2.05) is 31.2 Å². The quantitative estimate of drug-likeness (QED) is 0.760. The molecule has 4 bridgehead atoms. The number of aryl methyl sites for hydroxylation is 1. The van der Waals surface area contributed by atoms with Crippen LogP contribution in [0.1, 0.15) is 48.0 Å². The lowest BCUT2D eigenvalue weighted by molar-refractivity contribution is -0.101. The van der Waals surface area contributed by atoms with Gasteiger partial charge in [-0.1, -0.05) is 17.7 Å². The molecule has 20 heavy (non-hydrogen) atoms. The van der Waals surface area contributed by atoms with Crippen molar-refractivity contribution < 1.29 is 9.53 Å². The first-order chi connectivity index (χ1) is 9.69. The Morgan fingerprint density at radius 1 is 1.05 bits per heavy atom. The minimum absolute atomic E-state index is 0.119. The molecule has 0 unspecified atom stereocenters. The molecule has 0 radical (unpaired) electrons. The molecule has 106 valence electrons. The summed E-state index contributed by atoms with van der Waals surface area (Å²) in [5, 5.41) is 0. The highest BCUT2D eigenvalue weighted by Gasteiger charge is 2.49. The maximum Gasteiger partial charge on any atom is 0.338 e. The lowest BCUT2D eigenvalue weighted by Crippen LogP contribution is -2.50. The third kappa shape index (κ3) is 2.06. The van der Waals surface area contributed by atoms with Crippen LogP contribution >= 0.6 is 0 Å². The lowest BCUT2D eigenvalue weighted by atomic mass is 9.55. The fourth-order valence-electron chi connectivity index (χ4n) is 5.03. The van der Waals surface area contributed by atoms with Gasteiger partial charge in [0.15, 0.2) is 0 Å². The van der Waals surface area contributed by atoms with Gasteiger partial charge in [-0.2, -0.15) is 0 Å². The van der Waals surface area contributed by atoms with Crippen molar-refractivity contribution in [1.82, 2.24) is 0 Å². The highest BCUT2D eigenvalue weighted by Crippen LogP contribution is 2.54. The molecule has 0 saturated heterocycles. The van der Waals surface area contributed by atoms with Gasteiger partial charge in [0.2, 0.25) is 0 Å². The normalized spacial score (nSPS) is 38.0. The SMILES string of the molecule is Cc1cccc(C(=O)OC2C3CC4CC(C3)CC2C4)c1. The van der Waals surface area contributed by atoms with Crippen LogP contribution in [0.25, 0.3) is 0 Å². The summed E-state index contributed by atoms with van der Waals surface area (Å²) in [5.74, 6) is 3.00. The fourth-order valence-corrected chi connectivity index (χ4v) is 5.03. The second-order valence-electron chi connectivity index (χ2n) is 7.17. The molecule has 2 heteroatoms. The summed E-state index contributed by atoms with van der Waals surface area (Å²) in [6.07, 6.45) is 6.79. The number of esters is 1. The largest absolute Gasteiger partial charge is 0.458 e. The maximum atomic E-state index is 12.4. The third-order valence-electron chi connectivity index (χ3n) is 5.64. The highest BCUT2D eigenvalue weighted by atomic mass is 16.5. The van der Waals surface area contributed by atoms with Gasteiger partial charge >= 0.3 is 5.97 Å². The Kier molecular flexibility index (Phi) is 2.87. The first kappa shape index (κ1) is 12.4. The van der Waals surface area contributed by atoms with Gasteiger partial charge in [-0.05, 0) is 74.8 Å². The first-order valence-electron chi connectivity index (χ1n) is 7.96. The second-order valence-corrected chi connectivity index (χ2v) is 7.17. The standard InChI is InChI=1S/C18H22O2/c1-11-3-2-4-14(5-11)18(19)20-17-15-7-12-6-13(9-15)10-16(17)8-12/h2-5,12-13,15-17H,6-10H2,1H3. The Hall–Kier alpha value is -1.31. The smallest absolute Gasteiger partial charge is 0.338 e. The maximum absolute atomic E-state index is 12.4. The van der Waals surface area contributed by atoms with Crippen molar-refractivity contribution in [2.75, 3.05) is 0 Å². The summed E-state index contributed by atoms with van der Waals surface area (Å²) in [5.41, 5.74) is 1.82. The molecule has 4 fully saturated rings. The molecule has 0 aromatic heterocycles. The molecule has 1 aromatic carbocycles. The van der Waals surface area contributed by atoms with Crippen LogP contribution in [0.5, 0.6) is 0 Å². The Labute approximate surface area is 120 Å². The number of hydrogen-bond donors (Lipinski definition) is 0. The summed E-state index contributed by atoms with van der Waals surface area (Å²) in [6.45, 7) is 2.01. The van der Waals surface area contributed by atoms with Gasteiger partial charge in [0.05, 0.1) is 5.56 Å². The topological polar surface area (TPSA) is 26.3 Å². The molecule has 5 rings (SSSR count). The van der Waals surface area contributed by atoms with Crippen molar-refractivity contribution in [2.45, 2.75) is 45.1 Å². The second kappa shape index (κ2) is 4.61. The van der Waals surface area contributed by atoms with Crippen LogP contribution in [-0.4, -0.2) is 12.1 Å². The van der Waals surface area contributed by atoms with Gasteiger partial charge in [-0.3, -0.25) is 0 Å². The van der Waals surface area contributed by atoms with E-state index >= 15 is 0 Å². The summed E-state index contributed by atoms with van der Waals surface area (Å²) < 4.78 is 5.93.